The van der Waals surface area contributed by atoms with Crippen molar-refractivity contribution in [3.05, 3.63) is 60.2 Å². The average Bonchev–Trinajstić information content (AvgIpc) is 3.30. The molecule has 30 heavy (non-hydrogen) atoms. The van der Waals surface area contributed by atoms with Crippen LogP contribution >= 0.6 is 0 Å². The van der Waals surface area contributed by atoms with E-state index in [4.69, 9.17) is 9.47 Å². The maximum absolute atomic E-state index is 12.8. The third-order valence-corrected chi connectivity index (χ3v) is 5.41. The number of piperazine rings is 1. The fourth-order valence-electron chi connectivity index (χ4n) is 3.70. The fourth-order valence-corrected chi connectivity index (χ4v) is 3.70. The van der Waals surface area contributed by atoms with Crippen LogP contribution in [0.25, 0.3) is 11.3 Å². The second-order valence-corrected chi connectivity index (χ2v) is 7.24. The van der Waals surface area contributed by atoms with Crippen LogP contribution in [0.4, 0.5) is 5.82 Å². The smallest absolute Gasteiger partial charge is 0.227 e. The van der Waals surface area contributed by atoms with Crippen LogP contribution in [-0.2, 0) is 11.2 Å². The molecule has 2 heterocycles. The summed E-state index contributed by atoms with van der Waals surface area (Å²) in [5.41, 5.74) is 3.03. The highest BCUT2D eigenvalue weighted by molar-refractivity contribution is 5.79. The van der Waals surface area contributed by atoms with Gasteiger partial charge in [0, 0.05) is 32.2 Å². The number of aromatic amines is 1. The van der Waals surface area contributed by atoms with Crippen molar-refractivity contribution in [3.8, 4) is 22.8 Å². The van der Waals surface area contributed by atoms with Gasteiger partial charge in [-0.05, 0) is 23.3 Å². The number of hydrogen-bond donors (Lipinski definition) is 1. The van der Waals surface area contributed by atoms with E-state index < -0.39 is 0 Å². The lowest BCUT2D eigenvalue weighted by Crippen LogP contribution is -2.49. The molecule has 1 amide bonds. The predicted octanol–water partition coefficient (Wildman–Crippen LogP) is 2.99. The maximum Gasteiger partial charge on any atom is 0.227 e. The molecule has 3 aromatic rings. The summed E-state index contributed by atoms with van der Waals surface area (Å²) in [5.74, 6) is 2.34. The van der Waals surface area contributed by atoms with Gasteiger partial charge in [-0.15, -0.1) is 0 Å². The Bertz CT molecular complexity index is 995. The highest BCUT2D eigenvalue weighted by Crippen LogP contribution is 2.28. The number of carbonyl (C=O) groups excluding carboxylic acids is 1. The van der Waals surface area contributed by atoms with Crippen LogP contribution < -0.4 is 14.4 Å². The molecule has 1 N–H and O–H groups in total. The van der Waals surface area contributed by atoms with Crippen LogP contribution in [0.3, 0.4) is 0 Å². The summed E-state index contributed by atoms with van der Waals surface area (Å²) in [4.78, 5) is 16.9. The normalized spacial score (nSPS) is 13.9. The Morgan fingerprint density at radius 3 is 2.40 bits per heavy atom. The number of carbonyl (C=O) groups is 1. The summed E-state index contributed by atoms with van der Waals surface area (Å²) in [6.07, 6.45) is 0.348. The Morgan fingerprint density at radius 1 is 0.967 bits per heavy atom. The van der Waals surface area contributed by atoms with Crippen molar-refractivity contribution in [2.45, 2.75) is 6.42 Å². The first-order valence-corrected chi connectivity index (χ1v) is 10.0. The van der Waals surface area contributed by atoms with Crippen LogP contribution in [0, 0.1) is 0 Å². The molecular formula is C23H26N4O3. The number of aromatic nitrogens is 2. The topological polar surface area (TPSA) is 70.7 Å². The SMILES string of the molecule is COc1ccc(CC(=O)N2CCN(c3cc(-c4ccccc4)[nH]n3)CC2)cc1OC. The standard InChI is InChI=1S/C23H26N4O3/c1-29-20-9-8-17(14-21(20)30-2)15-23(28)27-12-10-26(11-13-27)22-16-19(24-25-22)18-6-4-3-5-7-18/h3-9,14,16H,10-13,15H2,1-2H3,(H,24,25). The van der Waals surface area contributed by atoms with Crippen molar-refractivity contribution in [3.63, 3.8) is 0 Å². The van der Waals surface area contributed by atoms with Gasteiger partial charge in [-0.2, -0.15) is 5.10 Å². The highest BCUT2D eigenvalue weighted by atomic mass is 16.5. The number of hydrogen-bond acceptors (Lipinski definition) is 5. The number of benzene rings is 2. The molecule has 4 rings (SSSR count). The molecule has 2 aromatic carbocycles. The number of ether oxygens (including phenoxy) is 2. The molecule has 0 unspecified atom stereocenters. The lowest BCUT2D eigenvalue weighted by Gasteiger charge is -2.34. The van der Waals surface area contributed by atoms with Crippen LogP contribution in [0.5, 0.6) is 11.5 Å². The third kappa shape index (κ3) is 4.25. The predicted molar refractivity (Wildman–Crippen MR) is 116 cm³/mol. The quantitative estimate of drug-likeness (QED) is 0.682. The van der Waals surface area contributed by atoms with Gasteiger partial charge in [0.15, 0.2) is 17.3 Å². The molecule has 0 aliphatic carbocycles. The minimum atomic E-state index is 0.119. The number of H-pyrrole nitrogens is 1. The number of methoxy groups -OCH3 is 2. The fraction of sp³-hybridized carbons (Fsp3) is 0.304. The minimum Gasteiger partial charge on any atom is -0.493 e. The minimum absolute atomic E-state index is 0.119. The number of rotatable bonds is 6. The van der Waals surface area contributed by atoms with Crippen molar-refractivity contribution in [1.29, 1.82) is 0 Å². The van der Waals surface area contributed by atoms with Gasteiger partial charge in [0.2, 0.25) is 5.91 Å². The summed E-state index contributed by atoms with van der Waals surface area (Å²) in [6.45, 7) is 2.88. The molecule has 0 bridgehead atoms. The molecule has 156 valence electrons. The van der Waals surface area contributed by atoms with Gasteiger partial charge in [0.1, 0.15) is 0 Å². The van der Waals surface area contributed by atoms with E-state index in [2.05, 4.69) is 33.3 Å². The molecule has 1 aliphatic rings. The zero-order valence-corrected chi connectivity index (χ0v) is 17.3. The third-order valence-electron chi connectivity index (χ3n) is 5.41. The molecule has 0 radical (unpaired) electrons. The average molecular weight is 406 g/mol. The molecule has 0 saturated carbocycles. The summed E-state index contributed by atoms with van der Waals surface area (Å²) in [6, 6.07) is 17.8. The highest BCUT2D eigenvalue weighted by Gasteiger charge is 2.23. The van der Waals surface area contributed by atoms with Crippen molar-refractivity contribution < 1.29 is 14.3 Å². The molecule has 0 atom stereocenters. The Balaban J connectivity index is 1.34. The molecule has 0 spiro atoms. The Hall–Kier alpha value is -3.48. The molecule has 7 heteroatoms. The van der Waals surface area contributed by atoms with Crippen molar-refractivity contribution in [2.24, 2.45) is 0 Å². The number of amides is 1. The summed E-state index contributed by atoms with van der Waals surface area (Å²) < 4.78 is 10.6. The van der Waals surface area contributed by atoms with E-state index in [-0.39, 0.29) is 5.91 Å². The van der Waals surface area contributed by atoms with E-state index in [1.807, 2.05) is 41.3 Å². The second-order valence-electron chi connectivity index (χ2n) is 7.24. The first-order chi connectivity index (χ1) is 14.7. The molecule has 1 fully saturated rings. The maximum atomic E-state index is 12.8. The van der Waals surface area contributed by atoms with E-state index in [9.17, 15) is 4.79 Å². The molecular weight excluding hydrogens is 380 g/mol. The summed E-state index contributed by atoms with van der Waals surface area (Å²) >= 11 is 0. The first-order valence-electron chi connectivity index (χ1n) is 10.0. The Labute approximate surface area is 176 Å². The molecule has 7 nitrogen and oxygen atoms in total. The number of nitrogens with one attached hydrogen (secondary N) is 1. The monoisotopic (exact) mass is 406 g/mol. The Morgan fingerprint density at radius 2 is 1.70 bits per heavy atom. The summed E-state index contributed by atoms with van der Waals surface area (Å²) in [5, 5.41) is 7.57. The largest absolute Gasteiger partial charge is 0.493 e. The second kappa shape index (κ2) is 8.90. The van der Waals surface area contributed by atoms with E-state index in [1.54, 1.807) is 14.2 Å². The van der Waals surface area contributed by atoms with Crippen molar-refractivity contribution >= 4 is 11.7 Å². The van der Waals surface area contributed by atoms with Gasteiger partial charge < -0.3 is 19.3 Å². The lowest BCUT2D eigenvalue weighted by molar-refractivity contribution is -0.130. The van der Waals surface area contributed by atoms with E-state index in [0.717, 1.165) is 35.7 Å². The first kappa shape index (κ1) is 19.8. The van der Waals surface area contributed by atoms with Gasteiger partial charge in [-0.1, -0.05) is 36.4 Å². The zero-order valence-electron chi connectivity index (χ0n) is 17.3. The van der Waals surface area contributed by atoms with E-state index in [1.165, 1.54) is 0 Å². The van der Waals surface area contributed by atoms with Crippen LogP contribution in [0.2, 0.25) is 0 Å². The van der Waals surface area contributed by atoms with Gasteiger partial charge in [0.25, 0.3) is 0 Å². The van der Waals surface area contributed by atoms with Crippen molar-refractivity contribution in [2.75, 3.05) is 45.3 Å². The zero-order chi connectivity index (χ0) is 20.9. The van der Waals surface area contributed by atoms with E-state index >= 15 is 0 Å². The van der Waals surface area contributed by atoms with Gasteiger partial charge in [0.05, 0.1) is 26.3 Å². The number of anilines is 1. The van der Waals surface area contributed by atoms with Gasteiger partial charge in [-0.25, -0.2) is 0 Å². The van der Waals surface area contributed by atoms with Gasteiger partial charge >= 0.3 is 0 Å². The molecule has 1 aliphatic heterocycles. The molecule has 1 saturated heterocycles. The Kier molecular flexibility index (Phi) is 5.88. The van der Waals surface area contributed by atoms with Gasteiger partial charge in [-0.3, -0.25) is 9.89 Å². The lowest BCUT2D eigenvalue weighted by atomic mass is 10.1. The summed E-state index contributed by atoms with van der Waals surface area (Å²) in [7, 11) is 3.20. The van der Waals surface area contributed by atoms with Crippen LogP contribution in [0.1, 0.15) is 5.56 Å². The van der Waals surface area contributed by atoms with E-state index in [0.29, 0.717) is 31.0 Å². The van der Waals surface area contributed by atoms with Crippen LogP contribution in [-0.4, -0.2) is 61.4 Å². The van der Waals surface area contributed by atoms with Crippen LogP contribution in [0.15, 0.2) is 54.6 Å². The molecule has 1 aromatic heterocycles. The number of nitrogens with zero attached hydrogens (tertiary/aromatic N) is 3. The van der Waals surface area contributed by atoms with Crippen molar-refractivity contribution in [1.82, 2.24) is 15.1 Å².